The van der Waals surface area contributed by atoms with Crippen LogP contribution in [0.15, 0.2) is 23.2 Å². The highest BCUT2D eigenvalue weighted by Crippen LogP contribution is 2.29. The largest absolute Gasteiger partial charge is 0.497 e. The molecule has 29 heavy (non-hydrogen) atoms. The van der Waals surface area contributed by atoms with Gasteiger partial charge in [0.2, 0.25) is 5.91 Å². The zero-order chi connectivity index (χ0) is 20.2. The van der Waals surface area contributed by atoms with Gasteiger partial charge in [-0.15, -0.1) is 24.0 Å². The summed E-state index contributed by atoms with van der Waals surface area (Å²) in [6.07, 6.45) is 4.87. The number of carbonyl (C=O) groups excluding carboxylic acids is 1. The van der Waals surface area contributed by atoms with E-state index in [1.807, 2.05) is 18.2 Å². The van der Waals surface area contributed by atoms with E-state index in [1.165, 1.54) is 12.8 Å². The molecule has 1 aromatic carbocycles. The molecule has 1 aromatic rings. The Kier molecular flexibility index (Phi) is 12.4. The van der Waals surface area contributed by atoms with Crippen LogP contribution in [0, 0.1) is 0 Å². The molecule has 0 bridgehead atoms. The molecule has 1 amide bonds. The van der Waals surface area contributed by atoms with E-state index in [4.69, 9.17) is 14.2 Å². The zero-order valence-corrected chi connectivity index (χ0v) is 19.8. The van der Waals surface area contributed by atoms with Crippen molar-refractivity contribution in [1.29, 1.82) is 0 Å². The summed E-state index contributed by atoms with van der Waals surface area (Å²) in [5.41, 5.74) is 1.01. The number of carbonyl (C=O) groups is 1. The minimum absolute atomic E-state index is 0. The number of halogens is 1. The van der Waals surface area contributed by atoms with Crippen molar-refractivity contribution in [3.8, 4) is 11.5 Å². The van der Waals surface area contributed by atoms with Crippen molar-refractivity contribution in [3.63, 3.8) is 0 Å². The molecule has 1 saturated carbocycles. The number of hydrogen-bond donors (Lipinski definition) is 3. The second-order valence-corrected chi connectivity index (χ2v) is 6.62. The maximum Gasteiger partial charge on any atom is 0.239 e. The van der Waals surface area contributed by atoms with Crippen LogP contribution in [0.1, 0.15) is 31.2 Å². The van der Waals surface area contributed by atoms with Crippen LogP contribution in [0.4, 0.5) is 0 Å². The predicted octanol–water partition coefficient (Wildman–Crippen LogP) is 2.06. The molecule has 3 N–H and O–H groups in total. The van der Waals surface area contributed by atoms with Gasteiger partial charge in [0.25, 0.3) is 0 Å². The zero-order valence-electron chi connectivity index (χ0n) is 17.5. The number of ether oxygens (including phenoxy) is 3. The molecule has 0 spiro atoms. The maximum atomic E-state index is 11.8. The lowest BCUT2D eigenvalue weighted by Crippen LogP contribution is -2.43. The highest BCUT2D eigenvalue weighted by atomic mass is 127. The van der Waals surface area contributed by atoms with Gasteiger partial charge in [-0.25, -0.2) is 0 Å². The number of benzene rings is 1. The molecule has 0 radical (unpaired) electrons. The number of aliphatic imine (C=N–C) groups is 1. The van der Waals surface area contributed by atoms with Crippen LogP contribution in [0.2, 0.25) is 0 Å². The first-order chi connectivity index (χ1) is 13.7. The van der Waals surface area contributed by atoms with E-state index < -0.39 is 0 Å². The van der Waals surface area contributed by atoms with Crippen LogP contribution >= 0.6 is 24.0 Å². The quantitative estimate of drug-likeness (QED) is 0.189. The SMILES string of the molecule is CN=C(NCC(=O)NCCOC)NCc1ccc(OC)cc1OC1CCCC1.I. The van der Waals surface area contributed by atoms with Crippen molar-refractivity contribution in [1.82, 2.24) is 16.0 Å². The van der Waals surface area contributed by atoms with Crippen molar-refractivity contribution < 1.29 is 19.0 Å². The third-order valence-electron chi connectivity index (χ3n) is 4.58. The lowest BCUT2D eigenvalue weighted by atomic mass is 10.2. The van der Waals surface area contributed by atoms with Crippen LogP contribution in [-0.4, -0.2) is 58.9 Å². The fourth-order valence-corrected chi connectivity index (χ4v) is 3.02. The van der Waals surface area contributed by atoms with Crippen LogP contribution in [0.3, 0.4) is 0 Å². The Bertz CT molecular complexity index is 651. The van der Waals surface area contributed by atoms with Crippen LogP contribution < -0.4 is 25.4 Å². The minimum Gasteiger partial charge on any atom is -0.497 e. The molecule has 0 atom stereocenters. The summed E-state index contributed by atoms with van der Waals surface area (Å²) < 4.78 is 16.5. The van der Waals surface area contributed by atoms with Gasteiger partial charge >= 0.3 is 0 Å². The van der Waals surface area contributed by atoms with Gasteiger partial charge in [-0.3, -0.25) is 9.79 Å². The molecule has 1 aliphatic carbocycles. The average molecular weight is 520 g/mol. The molecule has 1 fully saturated rings. The monoisotopic (exact) mass is 520 g/mol. The molecule has 0 heterocycles. The van der Waals surface area contributed by atoms with Crippen molar-refractivity contribution in [2.45, 2.75) is 38.3 Å². The molecular weight excluding hydrogens is 487 g/mol. The summed E-state index contributed by atoms with van der Waals surface area (Å²) in [6.45, 7) is 1.63. The molecule has 1 aliphatic rings. The van der Waals surface area contributed by atoms with E-state index in [0.717, 1.165) is 29.9 Å². The highest BCUT2D eigenvalue weighted by Gasteiger charge is 2.18. The van der Waals surface area contributed by atoms with E-state index in [9.17, 15) is 4.79 Å². The third-order valence-corrected chi connectivity index (χ3v) is 4.58. The van der Waals surface area contributed by atoms with Gasteiger partial charge in [-0.05, 0) is 37.8 Å². The van der Waals surface area contributed by atoms with E-state index in [-0.39, 0.29) is 42.5 Å². The molecule has 2 rings (SSSR count). The van der Waals surface area contributed by atoms with E-state index in [0.29, 0.717) is 25.7 Å². The lowest BCUT2D eigenvalue weighted by molar-refractivity contribution is -0.120. The Labute approximate surface area is 190 Å². The standard InChI is InChI=1S/C20H32N4O4.HI/c1-21-20(24-14-19(25)22-10-11-26-2)23-13-15-8-9-17(27-3)12-18(15)28-16-6-4-5-7-16;/h8-9,12,16H,4-7,10-11,13-14H2,1-3H3,(H,22,25)(H2,21,23,24);1H. The number of nitrogens with zero attached hydrogens (tertiary/aromatic N) is 1. The summed E-state index contributed by atoms with van der Waals surface area (Å²) in [6, 6.07) is 5.83. The second kappa shape index (κ2) is 14.3. The topological polar surface area (TPSA) is 93.2 Å². The Morgan fingerprint density at radius 1 is 1.17 bits per heavy atom. The second-order valence-electron chi connectivity index (χ2n) is 6.62. The number of amides is 1. The van der Waals surface area contributed by atoms with Gasteiger partial charge < -0.3 is 30.2 Å². The van der Waals surface area contributed by atoms with Gasteiger partial charge in [0.05, 0.1) is 26.4 Å². The first-order valence-corrected chi connectivity index (χ1v) is 9.70. The Morgan fingerprint density at radius 2 is 1.93 bits per heavy atom. The summed E-state index contributed by atoms with van der Waals surface area (Å²) in [4.78, 5) is 15.9. The van der Waals surface area contributed by atoms with Crippen molar-refractivity contribution in [2.75, 3.05) is 41.0 Å². The molecular formula is C20H33IN4O4. The van der Waals surface area contributed by atoms with Gasteiger partial charge in [0, 0.05) is 38.9 Å². The molecule has 0 aromatic heterocycles. The predicted molar refractivity (Wildman–Crippen MR) is 124 cm³/mol. The molecule has 0 unspecified atom stereocenters. The number of guanidine groups is 1. The number of hydrogen-bond acceptors (Lipinski definition) is 5. The van der Waals surface area contributed by atoms with Crippen LogP contribution in [0.5, 0.6) is 11.5 Å². The summed E-state index contributed by atoms with van der Waals surface area (Å²) in [5.74, 6) is 2.03. The molecule has 9 heteroatoms. The minimum atomic E-state index is -0.116. The Balaban J connectivity index is 0.00000420. The van der Waals surface area contributed by atoms with Crippen molar-refractivity contribution >= 4 is 35.8 Å². The highest BCUT2D eigenvalue weighted by molar-refractivity contribution is 14.0. The fourth-order valence-electron chi connectivity index (χ4n) is 3.02. The number of rotatable bonds is 10. The average Bonchev–Trinajstić information content (AvgIpc) is 3.22. The lowest BCUT2D eigenvalue weighted by Gasteiger charge is -2.18. The molecule has 0 saturated heterocycles. The number of nitrogens with one attached hydrogen (secondary N) is 3. The third kappa shape index (κ3) is 9.07. The van der Waals surface area contributed by atoms with Gasteiger partial charge in [0.15, 0.2) is 5.96 Å². The van der Waals surface area contributed by atoms with Crippen molar-refractivity contribution in [3.05, 3.63) is 23.8 Å². The summed E-state index contributed by atoms with van der Waals surface area (Å²) in [7, 11) is 4.91. The fraction of sp³-hybridized carbons (Fsp3) is 0.600. The van der Waals surface area contributed by atoms with E-state index in [1.54, 1.807) is 21.3 Å². The van der Waals surface area contributed by atoms with Gasteiger partial charge in [-0.1, -0.05) is 0 Å². The van der Waals surface area contributed by atoms with E-state index in [2.05, 4.69) is 20.9 Å². The first-order valence-electron chi connectivity index (χ1n) is 9.70. The van der Waals surface area contributed by atoms with Crippen molar-refractivity contribution in [2.24, 2.45) is 4.99 Å². The molecule has 8 nitrogen and oxygen atoms in total. The Hall–Kier alpha value is -1.75. The van der Waals surface area contributed by atoms with Crippen LogP contribution in [0.25, 0.3) is 0 Å². The van der Waals surface area contributed by atoms with E-state index >= 15 is 0 Å². The normalized spacial score (nSPS) is 14.1. The molecule has 0 aliphatic heterocycles. The molecule has 164 valence electrons. The first kappa shape index (κ1) is 25.3. The van der Waals surface area contributed by atoms with Gasteiger partial charge in [0.1, 0.15) is 11.5 Å². The van der Waals surface area contributed by atoms with Gasteiger partial charge in [-0.2, -0.15) is 0 Å². The maximum absolute atomic E-state index is 11.8. The van der Waals surface area contributed by atoms with Crippen LogP contribution in [-0.2, 0) is 16.1 Å². The smallest absolute Gasteiger partial charge is 0.239 e. The summed E-state index contributed by atoms with van der Waals surface area (Å²) in [5, 5.41) is 8.98. The summed E-state index contributed by atoms with van der Waals surface area (Å²) >= 11 is 0. The Morgan fingerprint density at radius 3 is 2.59 bits per heavy atom. The number of methoxy groups -OCH3 is 2.